The van der Waals surface area contributed by atoms with E-state index in [9.17, 15) is 4.79 Å². The van der Waals surface area contributed by atoms with E-state index in [1.165, 1.54) is 19.3 Å². The van der Waals surface area contributed by atoms with Gasteiger partial charge < -0.3 is 15.7 Å². The normalized spacial score (nSPS) is 32.1. The molecule has 2 fully saturated rings. The van der Waals surface area contributed by atoms with Gasteiger partial charge in [0.25, 0.3) is 0 Å². The molecule has 4 nitrogen and oxygen atoms in total. The van der Waals surface area contributed by atoms with Gasteiger partial charge in [-0.1, -0.05) is 27.2 Å². The zero-order chi connectivity index (χ0) is 14.0. The number of nitrogens with one attached hydrogen (secondary N) is 2. The number of carbonyl (C=O) groups excluding carboxylic acids is 1. The molecule has 0 aromatic rings. The summed E-state index contributed by atoms with van der Waals surface area (Å²) in [7, 11) is 0. The molecule has 2 aliphatic rings. The molecule has 2 rings (SSSR count). The van der Waals surface area contributed by atoms with Crippen LogP contribution in [0.25, 0.3) is 0 Å². The summed E-state index contributed by atoms with van der Waals surface area (Å²) in [4.78, 5) is 12.5. The number of rotatable bonds is 4. The smallest absolute Gasteiger partial charge is 0.237 e. The molecule has 3 N–H and O–H groups in total. The Labute approximate surface area is 116 Å². The van der Waals surface area contributed by atoms with Crippen molar-refractivity contribution in [2.75, 3.05) is 13.2 Å². The zero-order valence-corrected chi connectivity index (χ0v) is 12.4. The van der Waals surface area contributed by atoms with Gasteiger partial charge in [-0.25, -0.2) is 0 Å². The van der Waals surface area contributed by atoms with Crippen LogP contribution in [0.2, 0.25) is 0 Å². The number of fused-ring (bicyclic) bond motifs is 1. The average Bonchev–Trinajstić information content (AvgIpc) is 2.88. The van der Waals surface area contributed by atoms with Crippen LogP contribution in [-0.4, -0.2) is 36.2 Å². The molecule has 1 heterocycles. The van der Waals surface area contributed by atoms with Crippen LogP contribution in [0.15, 0.2) is 0 Å². The van der Waals surface area contributed by atoms with Crippen molar-refractivity contribution in [1.82, 2.24) is 10.6 Å². The minimum absolute atomic E-state index is 0.0176. The lowest BCUT2D eigenvalue weighted by Gasteiger charge is -2.32. The van der Waals surface area contributed by atoms with Gasteiger partial charge in [-0.15, -0.1) is 0 Å². The van der Waals surface area contributed by atoms with Crippen LogP contribution in [0.4, 0.5) is 0 Å². The van der Waals surface area contributed by atoms with Gasteiger partial charge in [0.1, 0.15) is 0 Å². The van der Waals surface area contributed by atoms with Crippen molar-refractivity contribution in [3.8, 4) is 0 Å². The predicted octanol–water partition coefficient (Wildman–Crippen LogP) is 1.29. The fraction of sp³-hybridized carbons (Fsp3) is 0.933. The number of carbonyl (C=O) groups is 1. The highest BCUT2D eigenvalue weighted by Crippen LogP contribution is 2.37. The zero-order valence-electron chi connectivity index (χ0n) is 12.4. The average molecular weight is 268 g/mol. The second kappa shape index (κ2) is 5.80. The summed E-state index contributed by atoms with van der Waals surface area (Å²) in [5.41, 5.74) is -0.0218. The number of hydrogen-bond donors (Lipinski definition) is 3. The van der Waals surface area contributed by atoms with Crippen LogP contribution in [0.5, 0.6) is 0 Å². The van der Waals surface area contributed by atoms with Crippen molar-refractivity contribution < 1.29 is 9.90 Å². The van der Waals surface area contributed by atoms with Gasteiger partial charge in [0.15, 0.2) is 0 Å². The van der Waals surface area contributed by atoms with E-state index in [1.54, 1.807) is 0 Å². The molecular formula is C15H28N2O2. The molecule has 0 aromatic heterocycles. The van der Waals surface area contributed by atoms with Crippen molar-refractivity contribution >= 4 is 5.91 Å². The number of aliphatic hydroxyl groups excluding tert-OH is 1. The summed E-state index contributed by atoms with van der Waals surface area (Å²) < 4.78 is 0. The summed E-state index contributed by atoms with van der Waals surface area (Å²) in [5, 5.41) is 15.7. The molecule has 0 spiro atoms. The first-order valence-electron chi connectivity index (χ1n) is 7.58. The molecule has 1 saturated carbocycles. The van der Waals surface area contributed by atoms with Gasteiger partial charge in [-0.3, -0.25) is 4.79 Å². The van der Waals surface area contributed by atoms with Gasteiger partial charge in [-0.2, -0.15) is 0 Å². The molecule has 0 bridgehead atoms. The monoisotopic (exact) mass is 268 g/mol. The summed E-state index contributed by atoms with van der Waals surface area (Å²) >= 11 is 0. The Morgan fingerprint density at radius 3 is 2.79 bits per heavy atom. The Bertz CT molecular complexity index is 325. The Balaban J connectivity index is 1.95. The third-order valence-corrected chi connectivity index (χ3v) is 4.81. The quantitative estimate of drug-likeness (QED) is 0.720. The number of aliphatic hydroxyl groups is 1. The van der Waals surface area contributed by atoms with Crippen LogP contribution >= 0.6 is 0 Å². The second-order valence-corrected chi connectivity index (χ2v) is 7.18. The number of amides is 1. The van der Waals surface area contributed by atoms with Gasteiger partial charge in [0, 0.05) is 12.6 Å². The standard InChI is InChI=1S/C15H28N2O2/c1-15(2,3)12(7-8-18)17-14(19)13-11-6-4-5-10(11)9-16-13/h10-13,16,18H,4-9H2,1-3H3,(H,17,19). The largest absolute Gasteiger partial charge is 0.396 e. The summed E-state index contributed by atoms with van der Waals surface area (Å²) in [6, 6.07) is 0.0169. The highest BCUT2D eigenvalue weighted by Gasteiger charge is 2.43. The van der Waals surface area contributed by atoms with Gasteiger partial charge in [-0.05, 0) is 43.1 Å². The minimum Gasteiger partial charge on any atom is -0.396 e. The third kappa shape index (κ3) is 3.29. The molecule has 1 aliphatic heterocycles. The van der Waals surface area contributed by atoms with Crippen molar-refractivity contribution in [3.05, 3.63) is 0 Å². The van der Waals surface area contributed by atoms with Crippen molar-refractivity contribution in [2.45, 2.75) is 58.5 Å². The van der Waals surface area contributed by atoms with E-state index in [4.69, 9.17) is 5.11 Å². The first-order chi connectivity index (χ1) is 8.93. The molecule has 110 valence electrons. The molecule has 0 radical (unpaired) electrons. The molecule has 1 amide bonds. The minimum atomic E-state index is -0.0218. The summed E-state index contributed by atoms with van der Waals surface area (Å²) in [6.07, 6.45) is 4.33. The van der Waals surface area contributed by atoms with Crippen molar-refractivity contribution in [1.29, 1.82) is 0 Å². The SMILES string of the molecule is CC(C)(C)C(CCO)NC(=O)C1NCC2CCCC21. The van der Waals surface area contributed by atoms with Gasteiger partial charge in [0.2, 0.25) is 5.91 Å². The molecule has 4 unspecified atom stereocenters. The Kier molecular flexibility index (Phi) is 4.51. The van der Waals surface area contributed by atoms with Crippen LogP contribution < -0.4 is 10.6 Å². The predicted molar refractivity (Wildman–Crippen MR) is 75.7 cm³/mol. The van der Waals surface area contributed by atoms with Gasteiger partial charge in [0.05, 0.1) is 6.04 Å². The fourth-order valence-electron chi connectivity index (χ4n) is 3.59. The lowest BCUT2D eigenvalue weighted by atomic mass is 9.84. The summed E-state index contributed by atoms with van der Waals surface area (Å²) in [5.74, 6) is 1.35. The van der Waals surface area contributed by atoms with Gasteiger partial charge >= 0.3 is 0 Å². The third-order valence-electron chi connectivity index (χ3n) is 4.81. The number of hydrogen-bond acceptors (Lipinski definition) is 3. The Morgan fingerprint density at radius 1 is 1.42 bits per heavy atom. The summed E-state index contributed by atoms with van der Waals surface area (Å²) in [6.45, 7) is 7.42. The van der Waals surface area contributed by atoms with Crippen LogP contribution in [-0.2, 0) is 4.79 Å². The molecular weight excluding hydrogens is 240 g/mol. The topological polar surface area (TPSA) is 61.4 Å². The van der Waals surface area contributed by atoms with E-state index in [0.717, 1.165) is 6.54 Å². The Morgan fingerprint density at radius 2 is 2.16 bits per heavy atom. The van der Waals surface area contributed by atoms with E-state index in [1.807, 2.05) is 0 Å². The van der Waals surface area contributed by atoms with Crippen molar-refractivity contribution in [2.24, 2.45) is 17.3 Å². The van der Waals surface area contributed by atoms with E-state index < -0.39 is 0 Å². The fourth-order valence-corrected chi connectivity index (χ4v) is 3.59. The van der Waals surface area contributed by atoms with E-state index in [-0.39, 0.29) is 30.0 Å². The molecule has 1 aliphatic carbocycles. The lowest BCUT2D eigenvalue weighted by molar-refractivity contribution is -0.125. The first kappa shape index (κ1) is 14.8. The van der Waals surface area contributed by atoms with Crippen LogP contribution in [0.1, 0.15) is 46.5 Å². The molecule has 4 atom stereocenters. The molecule has 19 heavy (non-hydrogen) atoms. The molecule has 4 heteroatoms. The maximum absolute atomic E-state index is 12.5. The maximum Gasteiger partial charge on any atom is 0.237 e. The first-order valence-corrected chi connectivity index (χ1v) is 7.58. The molecule has 0 aromatic carbocycles. The van der Waals surface area contributed by atoms with E-state index in [2.05, 4.69) is 31.4 Å². The highest BCUT2D eigenvalue weighted by molar-refractivity contribution is 5.83. The maximum atomic E-state index is 12.5. The van der Waals surface area contributed by atoms with Crippen LogP contribution in [0.3, 0.4) is 0 Å². The Hall–Kier alpha value is -0.610. The van der Waals surface area contributed by atoms with E-state index >= 15 is 0 Å². The second-order valence-electron chi connectivity index (χ2n) is 7.18. The lowest BCUT2D eigenvalue weighted by Crippen LogP contribution is -2.51. The van der Waals surface area contributed by atoms with E-state index in [0.29, 0.717) is 18.3 Å². The van der Waals surface area contributed by atoms with Crippen molar-refractivity contribution in [3.63, 3.8) is 0 Å². The van der Waals surface area contributed by atoms with Crippen LogP contribution in [0, 0.1) is 17.3 Å². The highest BCUT2D eigenvalue weighted by atomic mass is 16.3. The molecule has 1 saturated heterocycles.